The summed E-state index contributed by atoms with van der Waals surface area (Å²) in [5.74, 6) is 0. The van der Waals surface area contributed by atoms with E-state index in [9.17, 15) is 0 Å². The number of aromatic nitrogens is 2. The molecule has 0 unspecified atom stereocenters. The van der Waals surface area contributed by atoms with Crippen LogP contribution in [0.2, 0.25) is 0 Å². The van der Waals surface area contributed by atoms with Crippen molar-refractivity contribution in [3.63, 3.8) is 0 Å². The lowest BCUT2D eigenvalue weighted by atomic mass is 10.0. The molecule has 0 spiro atoms. The zero-order valence-corrected chi connectivity index (χ0v) is 17.3. The molecule has 5 rings (SSSR count). The number of benzene rings is 1. The Morgan fingerprint density at radius 2 is 1.93 bits per heavy atom. The third kappa shape index (κ3) is 3.01. The summed E-state index contributed by atoms with van der Waals surface area (Å²) in [6.45, 7) is 3.29. The quantitative estimate of drug-likeness (QED) is 0.561. The van der Waals surface area contributed by atoms with Crippen LogP contribution in [0, 0.1) is 0 Å². The van der Waals surface area contributed by atoms with Gasteiger partial charge in [0.15, 0.2) is 5.17 Å². The molecule has 0 bridgehead atoms. The highest BCUT2D eigenvalue weighted by atomic mass is 79.9. The van der Waals surface area contributed by atoms with Crippen LogP contribution in [0.3, 0.4) is 0 Å². The summed E-state index contributed by atoms with van der Waals surface area (Å²) >= 11 is 5.40. The number of aliphatic imine (C=N–C) groups is 1. The lowest BCUT2D eigenvalue weighted by Gasteiger charge is -2.28. The minimum Gasteiger partial charge on any atom is -0.339 e. The fourth-order valence-electron chi connectivity index (χ4n) is 3.91. The molecule has 0 aliphatic carbocycles. The second kappa shape index (κ2) is 6.84. The number of hydrogen-bond donors (Lipinski definition) is 0. The van der Waals surface area contributed by atoms with Crippen molar-refractivity contribution in [2.75, 3.05) is 6.54 Å². The van der Waals surface area contributed by atoms with E-state index >= 15 is 0 Å². The van der Waals surface area contributed by atoms with Crippen LogP contribution >= 0.6 is 27.7 Å². The van der Waals surface area contributed by atoms with E-state index in [2.05, 4.69) is 86.0 Å². The summed E-state index contributed by atoms with van der Waals surface area (Å²) in [6, 6.07) is 19.1. The van der Waals surface area contributed by atoms with Gasteiger partial charge in [-0.3, -0.25) is 9.98 Å². The summed E-state index contributed by atoms with van der Waals surface area (Å²) in [5.41, 5.74) is 3.44. The highest BCUT2D eigenvalue weighted by Crippen LogP contribution is 2.47. The van der Waals surface area contributed by atoms with Gasteiger partial charge in [-0.2, -0.15) is 0 Å². The first-order chi connectivity index (χ1) is 13.2. The van der Waals surface area contributed by atoms with E-state index in [4.69, 9.17) is 4.99 Å². The lowest BCUT2D eigenvalue weighted by molar-refractivity contribution is 0.312. The Labute approximate surface area is 171 Å². The number of hydrogen-bond acceptors (Lipinski definition) is 4. The Kier molecular flexibility index (Phi) is 4.32. The van der Waals surface area contributed by atoms with E-state index in [1.165, 1.54) is 5.69 Å². The molecule has 0 N–H and O–H groups in total. The monoisotopic (exact) mass is 438 g/mol. The highest BCUT2D eigenvalue weighted by Gasteiger charge is 2.44. The van der Waals surface area contributed by atoms with Crippen LogP contribution in [0.15, 0.2) is 76.5 Å². The number of fused-ring (bicyclic) bond motifs is 1. The minimum absolute atomic E-state index is 0.0188. The summed E-state index contributed by atoms with van der Waals surface area (Å²) in [4.78, 5) is 12.2. The fraction of sp³-hybridized carbons (Fsp3) is 0.238. The van der Waals surface area contributed by atoms with Gasteiger partial charge in [0.1, 0.15) is 6.04 Å². The van der Waals surface area contributed by atoms with Gasteiger partial charge >= 0.3 is 0 Å². The van der Waals surface area contributed by atoms with Gasteiger partial charge in [0, 0.05) is 40.0 Å². The van der Waals surface area contributed by atoms with Gasteiger partial charge in [-0.15, -0.1) is 0 Å². The molecule has 2 aliphatic rings. The van der Waals surface area contributed by atoms with Crippen LogP contribution in [0.4, 0.5) is 0 Å². The van der Waals surface area contributed by atoms with Crippen LogP contribution in [-0.4, -0.2) is 31.4 Å². The largest absolute Gasteiger partial charge is 0.339 e. The van der Waals surface area contributed by atoms with E-state index in [1.807, 2.05) is 30.1 Å². The maximum Gasteiger partial charge on any atom is 0.160 e. The van der Waals surface area contributed by atoms with Gasteiger partial charge < -0.3 is 9.47 Å². The van der Waals surface area contributed by atoms with Gasteiger partial charge in [-0.05, 0) is 48.5 Å². The second-order valence-corrected chi connectivity index (χ2v) is 9.24. The molecule has 4 nitrogen and oxygen atoms in total. The van der Waals surface area contributed by atoms with E-state index in [0.717, 1.165) is 27.6 Å². The number of halogens is 1. The smallest absolute Gasteiger partial charge is 0.160 e. The molecule has 27 heavy (non-hydrogen) atoms. The maximum atomic E-state index is 5.08. The minimum atomic E-state index is 0.0188. The molecule has 0 amide bonds. The van der Waals surface area contributed by atoms with Gasteiger partial charge in [-0.25, -0.2) is 0 Å². The molecule has 6 heteroatoms. The van der Waals surface area contributed by atoms with Gasteiger partial charge in [-0.1, -0.05) is 40.7 Å². The van der Waals surface area contributed by atoms with E-state index in [0.29, 0.717) is 5.25 Å². The third-order valence-electron chi connectivity index (χ3n) is 5.07. The lowest BCUT2D eigenvalue weighted by Crippen LogP contribution is -2.30. The van der Waals surface area contributed by atoms with Crippen LogP contribution < -0.4 is 0 Å². The Hall–Kier alpha value is -2.05. The number of amidine groups is 1. The number of pyridine rings is 1. The van der Waals surface area contributed by atoms with Crippen molar-refractivity contribution >= 4 is 32.9 Å². The van der Waals surface area contributed by atoms with Crippen molar-refractivity contribution in [3.05, 3.63) is 82.9 Å². The number of rotatable bonds is 3. The van der Waals surface area contributed by atoms with Crippen LogP contribution in [-0.2, 0) is 0 Å². The molecule has 3 atom stereocenters. The Morgan fingerprint density at radius 3 is 2.70 bits per heavy atom. The van der Waals surface area contributed by atoms with Crippen molar-refractivity contribution in [2.45, 2.75) is 24.3 Å². The number of nitrogens with zero attached hydrogens (tertiary/aromatic N) is 4. The highest BCUT2D eigenvalue weighted by molar-refractivity contribution is 9.10. The van der Waals surface area contributed by atoms with Gasteiger partial charge in [0.05, 0.1) is 11.7 Å². The first-order valence-corrected chi connectivity index (χ1v) is 10.7. The number of thioether (sulfide) groups is 1. The van der Waals surface area contributed by atoms with Crippen LogP contribution in [0.1, 0.15) is 30.4 Å². The maximum absolute atomic E-state index is 5.08. The van der Waals surface area contributed by atoms with Crippen molar-refractivity contribution < 1.29 is 0 Å². The molecule has 4 heterocycles. The van der Waals surface area contributed by atoms with E-state index in [-0.39, 0.29) is 12.1 Å². The normalized spacial score (nSPS) is 24.1. The second-order valence-electron chi connectivity index (χ2n) is 6.92. The molecule has 2 aromatic heterocycles. The molecular weight excluding hydrogens is 420 g/mol. The predicted molar refractivity (Wildman–Crippen MR) is 114 cm³/mol. The zero-order valence-electron chi connectivity index (χ0n) is 14.9. The van der Waals surface area contributed by atoms with E-state index in [1.54, 1.807) is 0 Å². The van der Waals surface area contributed by atoms with Crippen molar-refractivity contribution in [1.29, 1.82) is 0 Å². The third-order valence-corrected chi connectivity index (χ3v) is 6.70. The molecule has 0 radical (unpaired) electrons. The molecule has 136 valence electrons. The summed E-state index contributed by atoms with van der Waals surface area (Å²) in [7, 11) is 0. The first-order valence-electron chi connectivity index (χ1n) is 9.06. The molecular formula is C21H19BrN4S. The predicted octanol–water partition coefficient (Wildman–Crippen LogP) is 5.22. The Balaban J connectivity index is 1.60. The van der Waals surface area contributed by atoms with E-state index < -0.39 is 0 Å². The zero-order chi connectivity index (χ0) is 18.4. The molecule has 1 fully saturated rings. The summed E-state index contributed by atoms with van der Waals surface area (Å²) in [6.07, 6.45) is 4.00. The topological polar surface area (TPSA) is 33.4 Å². The van der Waals surface area contributed by atoms with Crippen molar-refractivity contribution in [1.82, 2.24) is 14.5 Å². The van der Waals surface area contributed by atoms with Crippen molar-refractivity contribution in [3.8, 4) is 5.69 Å². The first kappa shape index (κ1) is 17.1. The average molecular weight is 439 g/mol. The summed E-state index contributed by atoms with van der Waals surface area (Å²) in [5, 5.41) is 1.71. The molecule has 3 aromatic rings. The van der Waals surface area contributed by atoms with Crippen LogP contribution in [0.5, 0.6) is 0 Å². The molecule has 1 saturated heterocycles. The molecule has 0 saturated carbocycles. The Bertz CT molecular complexity index is 983. The van der Waals surface area contributed by atoms with Gasteiger partial charge in [0.2, 0.25) is 0 Å². The molecule has 1 aromatic carbocycles. The van der Waals surface area contributed by atoms with Crippen LogP contribution in [0.25, 0.3) is 5.69 Å². The SMILES string of the molecule is C[C@@H]1CN2C(=N[C@H](c3ccccn3)[C@H]2c2cccn2-c2ccc(Br)cc2)S1. The summed E-state index contributed by atoms with van der Waals surface area (Å²) < 4.78 is 3.36. The van der Waals surface area contributed by atoms with Gasteiger partial charge in [0.25, 0.3) is 0 Å². The fourth-order valence-corrected chi connectivity index (χ4v) is 5.27. The standard InChI is InChI=1S/C21H19BrN4S/c1-14-13-26-20(19(24-21(26)27-14)17-5-2-3-11-23-17)18-6-4-12-25(18)16-9-7-15(22)8-10-16/h2-12,14,19-20H,13H2,1H3/t14-,19-,20-/m1/s1. The Morgan fingerprint density at radius 1 is 1.07 bits per heavy atom. The molecule has 2 aliphatic heterocycles. The average Bonchev–Trinajstić information content (AvgIpc) is 3.37. The van der Waals surface area contributed by atoms with Crippen molar-refractivity contribution in [2.24, 2.45) is 4.99 Å².